The summed E-state index contributed by atoms with van der Waals surface area (Å²) in [6.45, 7) is 2.33. The van der Waals surface area contributed by atoms with Gasteiger partial charge in [0.15, 0.2) is 0 Å². The summed E-state index contributed by atoms with van der Waals surface area (Å²) >= 11 is 5.84. The maximum atomic E-state index is 14.1. The van der Waals surface area contributed by atoms with Gasteiger partial charge in [0, 0.05) is 48.2 Å². The molecule has 6 rings (SSSR count). The molecule has 0 unspecified atom stereocenters. The highest BCUT2D eigenvalue weighted by Crippen LogP contribution is 2.34. The van der Waals surface area contributed by atoms with E-state index in [0.29, 0.717) is 52.6 Å². The van der Waals surface area contributed by atoms with Gasteiger partial charge < -0.3 is 19.1 Å². The van der Waals surface area contributed by atoms with Crippen molar-refractivity contribution >= 4 is 28.6 Å². The van der Waals surface area contributed by atoms with Crippen LogP contribution in [0.2, 0.25) is 5.02 Å². The van der Waals surface area contributed by atoms with Gasteiger partial charge in [-0.2, -0.15) is 0 Å². The predicted molar refractivity (Wildman–Crippen MR) is 153 cm³/mol. The Morgan fingerprint density at radius 3 is 2.62 bits per heavy atom. The van der Waals surface area contributed by atoms with E-state index < -0.39 is 18.0 Å². The molecular formula is C31H31ClF2N4O4. The standard InChI is InChI=1S/C31H31ClF2N4O4/c1-37-26-11-20(31(39)40)12-27(42-23-14-22(33)15-23)30(26)36-28(37)16-38-9-7-18(8-10-38)25-3-2-4-29(35-25)41-17-19-5-6-21(32)13-24(19)34/h2-6,11-13,18,22-23H,7-10,14-17H2,1H3,(H,39,40). The molecule has 8 nitrogen and oxygen atoms in total. The highest BCUT2D eigenvalue weighted by molar-refractivity contribution is 6.30. The van der Waals surface area contributed by atoms with Crippen LogP contribution in [-0.2, 0) is 20.2 Å². The van der Waals surface area contributed by atoms with Crippen molar-refractivity contribution in [3.8, 4) is 11.6 Å². The van der Waals surface area contributed by atoms with Crippen molar-refractivity contribution in [2.45, 2.75) is 57.0 Å². The molecule has 2 fully saturated rings. The monoisotopic (exact) mass is 596 g/mol. The normalized spacial score (nSPS) is 19.5. The van der Waals surface area contributed by atoms with Crippen molar-refractivity contribution in [2.75, 3.05) is 13.1 Å². The molecule has 4 aromatic rings. The quantitative estimate of drug-likeness (QED) is 0.243. The highest BCUT2D eigenvalue weighted by Gasteiger charge is 2.32. The molecule has 2 aromatic heterocycles. The zero-order chi connectivity index (χ0) is 29.4. The molecule has 1 saturated carbocycles. The third kappa shape index (κ3) is 6.05. The molecule has 2 aromatic carbocycles. The van der Waals surface area contributed by atoms with Crippen molar-refractivity contribution in [1.29, 1.82) is 0 Å². The molecule has 1 aliphatic carbocycles. The van der Waals surface area contributed by atoms with Gasteiger partial charge in [-0.15, -0.1) is 0 Å². The number of alkyl halides is 1. The smallest absolute Gasteiger partial charge is 0.335 e. The van der Waals surface area contributed by atoms with Crippen molar-refractivity contribution in [3.05, 3.63) is 82.0 Å². The number of halogens is 3. The van der Waals surface area contributed by atoms with Crippen LogP contribution in [0.5, 0.6) is 11.6 Å². The predicted octanol–water partition coefficient (Wildman–Crippen LogP) is 6.30. The van der Waals surface area contributed by atoms with Crippen LogP contribution in [0, 0.1) is 5.82 Å². The van der Waals surface area contributed by atoms with Gasteiger partial charge in [-0.1, -0.05) is 23.7 Å². The number of carboxylic acid groups (broad SMARTS) is 1. The van der Waals surface area contributed by atoms with Crippen molar-refractivity contribution in [2.24, 2.45) is 7.05 Å². The first-order valence-corrected chi connectivity index (χ1v) is 14.4. The Morgan fingerprint density at radius 1 is 1.12 bits per heavy atom. The van der Waals surface area contributed by atoms with Gasteiger partial charge in [0.1, 0.15) is 41.8 Å². The summed E-state index contributed by atoms with van der Waals surface area (Å²) in [5.41, 5.74) is 2.73. The van der Waals surface area contributed by atoms with Crippen LogP contribution in [0.15, 0.2) is 48.5 Å². The molecule has 1 saturated heterocycles. The van der Waals surface area contributed by atoms with Gasteiger partial charge in [0.2, 0.25) is 5.88 Å². The zero-order valence-electron chi connectivity index (χ0n) is 23.1. The Morgan fingerprint density at radius 2 is 1.90 bits per heavy atom. The van der Waals surface area contributed by atoms with Crippen LogP contribution in [0.1, 0.15) is 59.0 Å². The molecule has 0 bridgehead atoms. The maximum Gasteiger partial charge on any atom is 0.335 e. The van der Waals surface area contributed by atoms with E-state index in [2.05, 4.69) is 4.90 Å². The van der Waals surface area contributed by atoms with Gasteiger partial charge in [0.25, 0.3) is 0 Å². The number of hydrogen-bond donors (Lipinski definition) is 1. The topological polar surface area (TPSA) is 89.7 Å². The summed E-state index contributed by atoms with van der Waals surface area (Å²) in [7, 11) is 1.87. The number of aryl methyl sites for hydroxylation is 1. The molecule has 220 valence electrons. The zero-order valence-corrected chi connectivity index (χ0v) is 23.9. The Labute approximate surface area is 246 Å². The summed E-state index contributed by atoms with van der Waals surface area (Å²) in [5, 5.41) is 9.97. The van der Waals surface area contributed by atoms with Crippen molar-refractivity contribution < 1.29 is 28.2 Å². The number of carboxylic acids is 1. The lowest BCUT2D eigenvalue weighted by molar-refractivity contribution is 0.0416. The molecule has 3 heterocycles. The number of nitrogens with zero attached hydrogens (tertiary/aromatic N) is 4. The van der Waals surface area contributed by atoms with Gasteiger partial charge in [-0.3, -0.25) is 4.90 Å². The van der Waals surface area contributed by atoms with E-state index in [9.17, 15) is 18.7 Å². The second-order valence-electron chi connectivity index (χ2n) is 11.0. The molecule has 42 heavy (non-hydrogen) atoms. The van der Waals surface area contributed by atoms with E-state index in [1.54, 1.807) is 24.3 Å². The minimum atomic E-state index is -1.05. The number of aromatic carboxylic acids is 1. The summed E-state index contributed by atoms with van der Waals surface area (Å²) in [5.74, 6) is 0.434. The summed E-state index contributed by atoms with van der Waals surface area (Å²) in [4.78, 5) is 23.6. The Bertz CT molecular complexity index is 1620. The van der Waals surface area contributed by atoms with Crippen LogP contribution in [0.3, 0.4) is 0 Å². The lowest BCUT2D eigenvalue weighted by atomic mass is 9.93. The number of ether oxygens (including phenoxy) is 2. The number of rotatable bonds is 9. The number of likely N-dealkylation sites (tertiary alicyclic amines) is 1. The fraction of sp³-hybridized carbons (Fsp3) is 0.387. The lowest BCUT2D eigenvalue weighted by Gasteiger charge is -2.31. The number of piperidine rings is 1. The third-order valence-electron chi connectivity index (χ3n) is 8.13. The molecule has 1 N–H and O–H groups in total. The SMILES string of the molecule is Cn1c(CN2CCC(c3cccc(OCc4ccc(Cl)cc4F)n3)CC2)nc2c(OC3CC(F)C3)cc(C(=O)O)cc21. The van der Waals surface area contributed by atoms with E-state index >= 15 is 0 Å². The number of pyridine rings is 1. The molecule has 0 atom stereocenters. The number of benzene rings is 2. The van der Waals surface area contributed by atoms with Crippen molar-refractivity contribution in [1.82, 2.24) is 19.4 Å². The average molecular weight is 597 g/mol. The lowest BCUT2D eigenvalue weighted by Crippen LogP contribution is -2.35. The van der Waals surface area contributed by atoms with Crippen LogP contribution in [0.25, 0.3) is 11.0 Å². The maximum absolute atomic E-state index is 14.1. The van der Waals surface area contributed by atoms with E-state index in [1.165, 1.54) is 12.1 Å². The Hall–Kier alpha value is -3.76. The molecule has 0 amide bonds. The number of aromatic nitrogens is 3. The van der Waals surface area contributed by atoms with Crippen molar-refractivity contribution in [3.63, 3.8) is 0 Å². The van der Waals surface area contributed by atoms with Gasteiger partial charge in [-0.25, -0.2) is 23.5 Å². The van der Waals surface area contributed by atoms with Crippen LogP contribution in [0.4, 0.5) is 8.78 Å². The first-order chi connectivity index (χ1) is 20.2. The molecule has 0 spiro atoms. The van der Waals surface area contributed by atoms with Gasteiger partial charge in [-0.05, 0) is 56.3 Å². The first kappa shape index (κ1) is 28.4. The number of hydrogen-bond acceptors (Lipinski definition) is 6. The summed E-state index contributed by atoms with van der Waals surface area (Å²) in [6.07, 6.45) is 1.26. The number of carbonyl (C=O) groups is 1. The summed E-state index contributed by atoms with van der Waals surface area (Å²) < 4.78 is 41.1. The minimum Gasteiger partial charge on any atom is -0.488 e. The molecule has 0 radical (unpaired) electrons. The van der Waals surface area contributed by atoms with Gasteiger partial charge in [0.05, 0.1) is 17.6 Å². The van der Waals surface area contributed by atoms with E-state index in [-0.39, 0.29) is 24.2 Å². The summed E-state index contributed by atoms with van der Waals surface area (Å²) in [6, 6.07) is 13.3. The molecular weight excluding hydrogens is 566 g/mol. The number of imidazole rings is 1. The molecule has 2 aliphatic rings. The fourth-order valence-electron chi connectivity index (χ4n) is 5.55. The fourth-order valence-corrected chi connectivity index (χ4v) is 5.71. The van der Waals surface area contributed by atoms with Crippen LogP contribution in [-0.4, -0.2) is 55.9 Å². The molecule has 1 aliphatic heterocycles. The second-order valence-corrected chi connectivity index (χ2v) is 11.5. The van der Waals surface area contributed by atoms with E-state index in [1.807, 2.05) is 23.7 Å². The minimum absolute atomic E-state index is 0.0632. The van der Waals surface area contributed by atoms with E-state index in [4.69, 9.17) is 31.0 Å². The van der Waals surface area contributed by atoms with E-state index in [0.717, 1.165) is 37.4 Å². The van der Waals surface area contributed by atoms with Gasteiger partial charge >= 0.3 is 5.97 Å². The first-order valence-electron chi connectivity index (χ1n) is 14.0. The Balaban J connectivity index is 1.10. The largest absolute Gasteiger partial charge is 0.488 e. The third-order valence-corrected chi connectivity index (χ3v) is 8.36. The highest BCUT2D eigenvalue weighted by atomic mass is 35.5. The average Bonchev–Trinajstić information content (AvgIpc) is 3.27. The van der Waals surface area contributed by atoms with Crippen LogP contribution >= 0.6 is 11.6 Å². The Kier molecular flexibility index (Phi) is 8.00. The van der Waals surface area contributed by atoms with Crippen LogP contribution < -0.4 is 9.47 Å². The second kappa shape index (κ2) is 11.9. The number of fused-ring (bicyclic) bond motifs is 1. The molecule has 11 heteroatoms.